The molecular formula is C15H18ClNO3S. The van der Waals surface area contributed by atoms with Gasteiger partial charge in [0, 0.05) is 29.6 Å². The first-order valence-corrected chi connectivity index (χ1v) is 9.71. The van der Waals surface area contributed by atoms with E-state index in [2.05, 4.69) is 12.1 Å². The van der Waals surface area contributed by atoms with Crippen molar-refractivity contribution in [3.63, 3.8) is 0 Å². The van der Waals surface area contributed by atoms with Crippen LogP contribution in [0.5, 0.6) is 0 Å². The van der Waals surface area contributed by atoms with Gasteiger partial charge < -0.3 is 4.90 Å². The van der Waals surface area contributed by atoms with Gasteiger partial charge in [0.05, 0.1) is 11.8 Å². The van der Waals surface area contributed by atoms with Crippen LogP contribution >= 0.6 is 10.7 Å². The first-order valence-electron chi connectivity index (χ1n) is 7.23. The Labute approximate surface area is 129 Å². The molecule has 21 heavy (non-hydrogen) atoms. The Balaban J connectivity index is 1.81. The standard InChI is InChI=1S/C15H18ClNO3S/c16-21(19,20)10-11-8-15(18)17(9-11)14-7-3-5-12-4-1-2-6-13(12)14/h1-2,4,6,11,14H,3,5,7-10H2. The molecule has 2 unspecified atom stereocenters. The number of hydrogen-bond acceptors (Lipinski definition) is 3. The molecule has 2 atom stereocenters. The van der Waals surface area contributed by atoms with E-state index < -0.39 is 9.05 Å². The molecule has 1 aromatic carbocycles. The Bertz CT molecular complexity index is 659. The van der Waals surface area contributed by atoms with Gasteiger partial charge in [0.15, 0.2) is 0 Å². The molecule has 1 saturated heterocycles. The lowest BCUT2D eigenvalue weighted by molar-refractivity contribution is -0.130. The predicted octanol–water partition coefficient (Wildman–Crippen LogP) is 2.48. The van der Waals surface area contributed by atoms with Gasteiger partial charge in [-0.05, 0) is 30.4 Å². The summed E-state index contributed by atoms with van der Waals surface area (Å²) < 4.78 is 22.4. The molecule has 0 bridgehead atoms. The molecule has 2 aliphatic rings. The highest BCUT2D eigenvalue weighted by molar-refractivity contribution is 8.13. The fraction of sp³-hybridized carbons (Fsp3) is 0.533. The number of carbonyl (C=O) groups excluding carboxylic acids is 1. The monoisotopic (exact) mass is 327 g/mol. The molecule has 3 rings (SSSR count). The van der Waals surface area contributed by atoms with Crippen molar-refractivity contribution in [2.45, 2.75) is 31.7 Å². The lowest BCUT2D eigenvalue weighted by Gasteiger charge is -2.33. The van der Waals surface area contributed by atoms with Crippen molar-refractivity contribution in [3.05, 3.63) is 35.4 Å². The van der Waals surface area contributed by atoms with Crippen LogP contribution in [-0.4, -0.2) is 31.5 Å². The number of hydrogen-bond donors (Lipinski definition) is 0. The van der Waals surface area contributed by atoms with Crippen molar-refractivity contribution in [1.29, 1.82) is 0 Å². The minimum absolute atomic E-state index is 0.0435. The fourth-order valence-electron chi connectivity index (χ4n) is 3.56. The average molecular weight is 328 g/mol. The first-order chi connectivity index (χ1) is 9.94. The Morgan fingerprint density at radius 2 is 2.05 bits per heavy atom. The molecule has 114 valence electrons. The molecule has 4 nitrogen and oxygen atoms in total. The van der Waals surface area contributed by atoms with Crippen LogP contribution in [0.3, 0.4) is 0 Å². The molecular weight excluding hydrogens is 310 g/mol. The molecule has 1 aliphatic carbocycles. The van der Waals surface area contributed by atoms with Crippen LogP contribution in [0.1, 0.15) is 36.4 Å². The number of halogens is 1. The van der Waals surface area contributed by atoms with E-state index in [9.17, 15) is 13.2 Å². The molecule has 1 aliphatic heterocycles. The van der Waals surface area contributed by atoms with Crippen molar-refractivity contribution in [1.82, 2.24) is 4.90 Å². The molecule has 0 radical (unpaired) electrons. The highest BCUT2D eigenvalue weighted by atomic mass is 35.7. The molecule has 0 aromatic heterocycles. The second kappa shape index (κ2) is 5.61. The molecule has 0 N–H and O–H groups in total. The van der Waals surface area contributed by atoms with Crippen LogP contribution in [0.2, 0.25) is 0 Å². The molecule has 1 heterocycles. The van der Waals surface area contributed by atoms with E-state index in [1.54, 1.807) is 0 Å². The third-order valence-electron chi connectivity index (χ3n) is 4.39. The van der Waals surface area contributed by atoms with Gasteiger partial charge in [0.25, 0.3) is 0 Å². The smallest absolute Gasteiger partial charge is 0.232 e. The van der Waals surface area contributed by atoms with Gasteiger partial charge in [0.1, 0.15) is 0 Å². The molecule has 6 heteroatoms. The zero-order chi connectivity index (χ0) is 15.0. The summed E-state index contributed by atoms with van der Waals surface area (Å²) in [5.41, 5.74) is 2.52. The molecule has 1 fully saturated rings. The highest BCUT2D eigenvalue weighted by Gasteiger charge is 2.37. The number of fused-ring (bicyclic) bond motifs is 1. The maximum Gasteiger partial charge on any atom is 0.232 e. The number of benzene rings is 1. The normalized spacial score (nSPS) is 26.0. The fourth-order valence-corrected chi connectivity index (χ4v) is 4.88. The van der Waals surface area contributed by atoms with Crippen LogP contribution in [0, 0.1) is 5.92 Å². The third-order valence-corrected chi connectivity index (χ3v) is 5.63. The number of rotatable bonds is 3. The Morgan fingerprint density at radius 3 is 2.81 bits per heavy atom. The lowest BCUT2D eigenvalue weighted by Crippen LogP contribution is -2.33. The quantitative estimate of drug-likeness (QED) is 0.801. The highest BCUT2D eigenvalue weighted by Crippen LogP contribution is 2.37. The molecule has 1 aromatic rings. The van der Waals surface area contributed by atoms with Crippen molar-refractivity contribution in [2.75, 3.05) is 12.3 Å². The summed E-state index contributed by atoms with van der Waals surface area (Å²) >= 11 is 0. The number of likely N-dealkylation sites (tertiary alicyclic amines) is 1. The minimum atomic E-state index is -3.55. The summed E-state index contributed by atoms with van der Waals surface area (Å²) in [5, 5.41) is 0. The predicted molar refractivity (Wildman–Crippen MR) is 81.6 cm³/mol. The summed E-state index contributed by atoms with van der Waals surface area (Å²) in [7, 11) is 1.77. The topological polar surface area (TPSA) is 54.5 Å². The number of amides is 1. The largest absolute Gasteiger partial charge is 0.335 e. The van der Waals surface area contributed by atoms with Crippen LogP contribution < -0.4 is 0 Å². The summed E-state index contributed by atoms with van der Waals surface area (Å²) in [6, 6.07) is 8.31. The van der Waals surface area contributed by atoms with E-state index >= 15 is 0 Å². The molecule has 0 spiro atoms. The van der Waals surface area contributed by atoms with Crippen LogP contribution in [-0.2, 0) is 20.3 Å². The average Bonchev–Trinajstić information content (AvgIpc) is 2.76. The van der Waals surface area contributed by atoms with E-state index in [0.29, 0.717) is 6.54 Å². The SMILES string of the molecule is O=C1CC(CS(=O)(=O)Cl)CN1C1CCCc2ccccc21. The lowest BCUT2D eigenvalue weighted by atomic mass is 9.87. The van der Waals surface area contributed by atoms with Gasteiger partial charge in [-0.1, -0.05) is 24.3 Å². The van der Waals surface area contributed by atoms with Crippen molar-refractivity contribution >= 4 is 25.6 Å². The van der Waals surface area contributed by atoms with Crippen molar-refractivity contribution in [2.24, 2.45) is 5.92 Å². The minimum Gasteiger partial charge on any atom is -0.335 e. The van der Waals surface area contributed by atoms with Gasteiger partial charge in [-0.25, -0.2) is 8.42 Å². The van der Waals surface area contributed by atoms with E-state index in [-0.39, 0.29) is 30.0 Å². The number of nitrogens with zero attached hydrogens (tertiary/aromatic N) is 1. The van der Waals surface area contributed by atoms with Gasteiger partial charge in [-0.3, -0.25) is 4.79 Å². The summed E-state index contributed by atoms with van der Waals surface area (Å²) in [6.45, 7) is 0.490. The van der Waals surface area contributed by atoms with E-state index in [1.807, 2.05) is 17.0 Å². The van der Waals surface area contributed by atoms with E-state index in [4.69, 9.17) is 10.7 Å². The van der Waals surface area contributed by atoms with Crippen molar-refractivity contribution < 1.29 is 13.2 Å². The number of carbonyl (C=O) groups is 1. The van der Waals surface area contributed by atoms with E-state index in [1.165, 1.54) is 11.1 Å². The van der Waals surface area contributed by atoms with Crippen molar-refractivity contribution in [3.8, 4) is 0 Å². The van der Waals surface area contributed by atoms with Gasteiger partial charge in [-0.15, -0.1) is 0 Å². The summed E-state index contributed by atoms with van der Waals surface area (Å²) in [5.74, 6) is -0.262. The Kier molecular flexibility index (Phi) is 3.97. The zero-order valence-electron chi connectivity index (χ0n) is 11.7. The van der Waals surface area contributed by atoms with Crippen LogP contribution in [0.25, 0.3) is 0 Å². The third kappa shape index (κ3) is 3.24. The maximum absolute atomic E-state index is 12.3. The first kappa shape index (κ1) is 14.9. The summed E-state index contributed by atoms with van der Waals surface area (Å²) in [4.78, 5) is 14.1. The van der Waals surface area contributed by atoms with Gasteiger partial charge in [0.2, 0.25) is 15.0 Å². The summed E-state index contributed by atoms with van der Waals surface area (Å²) in [6.07, 6.45) is 3.34. The second-order valence-corrected chi connectivity index (χ2v) is 8.75. The van der Waals surface area contributed by atoms with Crippen LogP contribution in [0.15, 0.2) is 24.3 Å². The van der Waals surface area contributed by atoms with Gasteiger partial charge in [-0.2, -0.15) is 0 Å². The number of aryl methyl sites for hydroxylation is 1. The maximum atomic E-state index is 12.3. The molecule has 0 saturated carbocycles. The Hall–Kier alpha value is -1.07. The van der Waals surface area contributed by atoms with Gasteiger partial charge >= 0.3 is 0 Å². The molecule has 1 amide bonds. The zero-order valence-corrected chi connectivity index (χ0v) is 13.2. The van der Waals surface area contributed by atoms with Crippen LogP contribution in [0.4, 0.5) is 0 Å². The second-order valence-electron chi connectivity index (χ2n) is 5.93. The van der Waals surface area contributed by atoms with E-state index in [0.717, 1.165) is 19.3 Å². The Morgan fingerprint density at radius 1 is 1.29 bits per heavy atom.